The Morgan fingerprint density at radius 3 is 3.12 bits per heavy atom. The summed E-state index contributed by atoms with van der Waals surface area (Å²) in [5.74, 6) is 0. The minimum absolute atomic E-state index is 0.0901. The monoisotopic (exact) mass is 269 g/mol. The van der Waals surface area contributed by atoms with Crippen LogP contribution >= 0.6 is 35.8 Å². The van der Waals surface area contributed by atoms with Gasteiger partial charge >= 0.3 is 0 Å². The van der Waals surface area contributed by atoms with Crippen LogP contribution < -0.4 is 0 Å². The fourth-order valence-corrected chi connectivity index (χ4v) is 2.40. The molecule has 0 saturated carbocycles. The minimum atomic E-state index is 0.0901. The van der Waals surface area contributed by atoms with E-state index in [-0.39, 0.29) is 5.71 Å². The molecule has 0 saturated heterocycles. The maximum atomic E-state index is 8.84. The summed E-state index contributed by atoms with van der Waals surface area (Å²) in [6, 6.07) is 7.20. The van der Waals surface area contributed by atoms with Gasteiger partial charge in [0.2, 0.25) is 5.71 Å². The molecule has 0 atom stereocenters. The maximum absolute atomic E-state index is 8.84. The van der Waals surface area contributed by atoms with Crippen LogP contribution in [0.15, 0.2) is 23.4 Å². The first-order valence-electron chi connectivity index (χ1n) is 4.09. The normalized spacial score (nSPS) is 11.4. The summed E-state index contributed by atoms with van der Waals surface area (Å²) in [6.45, 7) is 0. The van der Waals surface area contributed by atoms with Gasteiger partial charge in [0.15, 0.2) is 5.01 Å². The molecular formula is C9H4ClN3OS2. The van der Waals surface area contributed by atoms with Gasteiger partial charge in [0.05, 0.1) is 23.1 Å². The summed E-state index contributed by atoms with van der Waals surface area (Å²) in [6.07, 6.45) is 0. The number of nitriles is 1. The van der Waals surface area contributed by atoms with Gasteiger partial charge in [-0.25, -0.2) is 4.98 Å². The van der Waals surface area contributed by atoms with Crippen molar-refractivity contribution in [2.24, 2.45) is 5.16 Å². The Balaban J connectivity index is 2.55. The fourth-order valence-electron chi connectivity index (χ4n) is 1.15. The van der Waals surface area contributed by atoms with Gasteiger partial charge in [0.1, 0.15) is 6.07 Å². The first kappa shape index (κ1) is 11.2. The van der Waals surface area contributed by atoms with Gasteiger partial charge in [0.25, 0.3) is 0 Å². The lowest BCUT2D eigenvalue weighted by Crippen LogP contribution is -1.95. The standard InChI is InChI=1S/C9H4ClN3OS2/c10-5-1-2-6-8(3-5)16-9(12-6)7(4-11)13-14-15/h1-3,15H/b13-7+. The first-order valence-corrected chi connectivity index (χ1v) is 5.65. The number of thiol groups is 1. The second-order valence-electron chi connectivity index (χ2n) is 2.76. The molecule has 0 unspecified atom stereocenters. The third-order valence-electron chi connectivity index (χ3n) is 1.79. The zero-order valence-corrected chi connectivity index (χ0v) is 10.2. The Kier molecular flexibility index (Phi) is 3.29. The van der Waals surface area contributed by atoms with Crippen LogP contribution in [0.5, 0.6) is 0 Å². The van der Waals surface area contributed by atoms with E-state index < -0.39 is 0 Å². The molecule has 0 aliphatic carbocycles. The van der Waals surface area contributed by atoms with Crippen LogP contribution in [-0.2, 0) is 4.28 Å². The third kappa shape index (κ3) is 2.11. The van der Waals surface area contributed by atoms with Crippen molar-refractivity contribution in [3.8, 4) is 6.07 Å². The van der Waals surface area contributed by atoms with Gasteiger partial charge in [-0.3, -0.25) is 0 Å². The van der Waals surface area contributed by atoms with Crippen molar-refractivity contribution in [3.63, 3.8) is 0 Å². The quantitative estimate of drug-likeness (QED) is 0.395. The molecule has 0 amide bonds. The molecule has 4 nitrogen and oxygen atoms in total. The van der Waals surface area contributed by atoms with E-state index in [1.54, 1.807) is 18.2 Å². The molecule has 16 heavy (non-hydrogen) atoms. The number of oxime groups is 1. The van der Waals surface area contributed by atoms with Crippen LogP contribution in [0.3, 0.4) is 0 Å². The Morgan fingerprint density at radius 1 is 1.62 bits per heavy atom. The van der Waals surface area contributed by atoms with Gasteiger partial charge in [0, 0.05) is 5.02 Å². The number of fused-ring (bicyclic) bond motifs is 1. The van der Waals surface area contributed by atoms with Crippen LogP contribution in [0.1, 0.15) is 5.01 Å². The number of thiazole rings is 1. The summed E-state index contributed by atoms with van der Waals surface area (Å²) in [5.41, 5.74) is 0.860. The van der Waals surface area contributed by atoms with E-state index >= 15 is 0 Å². The summed E-state index contributed by atoms with van der Waals surface area (Å²) in [5, 5.41) is 13.4. The number of aromatic nitrogens is 1. The molecule has 1 aromatic carbocycles. The molecule has 2 rings (SSSR count). The van der Waals surface area contributed by atoms with E-state index in [4.69, 9.17) is 16.9 Å². The average Bonchev–Trinajstić information content (AvgIpc) is 2.68. The molecule has 0 spiro atoms. The molecule has 1 aromatic heterocycles. The Morgan fingerprint density at radius 2 is 2.44 bits per heavy atom. The predicted octanol–water partition coefficient (Wildman–Crippen LogP) is 3.04. The Bertz CT molecular complexity index is 602. The number of halogens is 1. The van der Waals surface area contributed by atoms with E-state index in [1.165, 1.54) is 11.3 Å². The van der Waals surface area contributed by atoms with Crippen molar-refractivity contribution < 1.29 is 4.28 Å². The van der Waals surface area contributed by atoms with Crippen LogP contribution in [0, 0.1) is 11.3 Å². The summed E-state index contributed by atoms with van der Waals surface area (Å²) >= 11 is 10.6. The Labute approximate surface area is 106 Å². The van der Waals surface area contributed by atoms with E-state index in [0.29, 0.717) is 10.0 Å². The Hall–Kier alpha value is -1.29. The fraction of sp³-hybridized carbons (Fsp3) is 0. The summed E-state index contributed by atoms with van der Waals surface area (Å²) < 4.78 is 5.16. The van der Waals surface area contributed by atoms with Crippen molar-refractivity contribution in [2.45, 2.75) is 0 Å². The predicted molar refractivity (Wildman–Crippen MR) is 66.9 cm³/mol. The molecule has 0 fully saturated rings. The largest absolute Gasteiger partial charge is 0.324 e. The van der Waals surface area contributed by atoms with Gasteiger partial charge in [-0.2, -0.15) is 5.26 Å². The maximum Gasteiger partial charge on any atom is 0.216 e. The SMILES string of the molecule is N#C/C(=N\OS)c1nc2ccc(Cl)cc2s1. The van der Waals surface area contributed by atoms with E-state index in [9.17, 15) is 0 Å². The van der Waals surface area contributed by atoms with E-state index in [0.717, 1.165) is 10.2 Å². The van der Waals surface area contributed by atoms with Crippen LogP contribution in [-0.4, -0.2) is 10.7 Å². The molecule has 2 aromatic rings. The smallest absolute Gasteiger partial charge is 0.216 e. The topological polar surface area (TPSA) is 58.3 Å². The number of hydrogen-bond acceptors (Lipinski definition) is 6. The highest BCUT2D eigenvalue weighted by Gasteiger charge is 2.10. The van der Waals surface area contributed by atoms with E-state index in [2.05, 4.69) is 27.3 Å². The zero-order chi connectivity index (χ0) is 11.5. The lowest BCUT2D eigenvalue weighted by atomic mass is 10.3. The van der Waals surface area contributed by atoms with Crippen molar-refractivity contribution in [3.05, 3.63) is 28.2 Å². The molecule has 0 N–H and O–H groups in total. The first-order chi connectivity index (χ1) is 7.74. The van der Waals surface area contributed by atoms with Crippen LogP contribution in [0.4, 0.5) is 0 Å². The van der Waals surface area contributed by atoms with Gasteiger partial charge in [-0.15, -0.1) is 11.3 Å². The zero-order valence-electron chi connectivity index (χ0n) is 7.72. The van der Waals surface area contributed by atoms with Gasteiger partial charge in [-0.05, 0) is 18.2 Å². The van der Waals surface area contributed by atoms with Gasteiger partial charge in [-0.1, -0.05) is 16.8 Å². The lowest BCUT2D eigenvalue weighted by molar-refractivity contribution is 0.415. The third-order valence-corrected chi connectivity index (χ3v) is 3.13. The summed E-state index contributed by atoms with van der Waals surface area (Å²) in [4.78, 5) is 4.24. The van der Waals surface area contributed by atoms with Crippen molar-refractivity contribution in [1.29, 1.82) is 5.26 Å². The van der Waals surface area contributed by atoms with Crippen molar-refractivity contribution in [2.75, 3.05) is 0 Å². The number of nitrogens with zero attached hydrogens (tertiary/aromatic N) is 3. The van der Waals surface area contributed by atoms with Crippen LogP contribution in [0.25, 0.3) is 10.2 Å². The lowest BCUT2D eigenvalue weighted by Gasteiger charge is -1.87. The average molecular weight is 270 g/mol. The highest BCUT2D eigenvalue weighted by molar-refractivity contribution is 7.75. The number of hydrogen-bond donors (Lipinski definition) is 1. The molecule has 0 aliphatic rings. The number of rotatable bonds is 2. The second kappa shape index (κ2) is 4.70. The molecule has 0 radical (unpaired) electrons. The molecule has 0 aliphatic heterocycles. The molecule has 80 valence electrons. The second-order valence-corrected chi connectivity index (χ2v) is 4.39. The van der Waals surface area contributed by atoms with Crippen molar-refractivity contribution in [1.82, 2.24) is 4.98 Å². The highest BCUT2D eigenvalue weighted by atomic mass is 35.5. The molecule has 1 heterocycles. The van der Waals surface area contributed by atoms with Crippen LogP contribution in [0.2, 0.25) is 5.02 Å². The molecular weight excluding hydrogens is 266 g/mol. The molecule has 7 heteroatoms. The van der Waals surface area contributed by atoms with Gasteiger partial charge < -0.3 is 4.28 Å². The highest BCUT2D eigenvalue weighted by Crippen LogP contribution is 2.25. The minimum Gasteiger partial charge on any atom is -0.324 e. The van der Waals surface area contributed by atoms with Crippen molar-refractivity contribution >= 4 is 51.8 Å². The number of benzene rings is 1. The summed E-state index contributed by atoms with van der Waals surface area (Å²) in [7, 11) is 0. The van der Waals surface area contributed by atoms with E-state index in [1.807, 2.05) is 6.07 Å². The molecule has 0 bridgehead atoms.